The molecule has 0 saturated carbocycles. The summed E-state index contributed by atoms with van der Waals surface area (Å²) in [7, 11) is 1.72. The van der Waals surface area contributed by atoms with Crippen LogP contribution in [0.1, 0.15) is 10.4 Å². The van der Waals surface area contributed by atoms with E-state index in [0.29, 0.717) is 5.69 Å². The van der Waals surface area contributed by atoms with Crippen LogP contribution in [0.4, 0.5) is 5.69 Å². The minimum atomic E-state index is -0.925. The van der Waals surface area contributed by atoms with Crippen molar-refractivity contribution >= 4 is 38.4 Å². The zero-order valence-electron chi connectivity index (χ0n) is 8.62. The maximum absolute atomic E-state index is 11.1. The zero-order valence-corrected chi connectivity index (χ0v) is 10.2. The molecule has 0 fully saturated rings. The number of benzene rings is 2. The third-order valence-electron chi connectivity index (χ3n) is 2.46. The van der Waals surface area contributed by atoms with Gasteiger partial charge in [0.05, 0.1) is 11.3 Å². The number of halogens is 1. The number of hydrogen-bond acceptors (Lipinski definition) is 2. The average molecular weight is 280 g/mol. The Morgan fingerprint density at radius 3 is 2.62 bits per heavy atom. The highest BCUT2D eigenvalue weighted by Gasteiger charge is 2.12. The molecule has 4 heteroatoms. The molecule has 0 saturated heterocycles. The van der Waals surface area contributed by atoms with E-state index in [0.717, 1.165) is 15.2 Å². The number of carboxylic acids is 1. The monoisotopic (exact) mass is 279 g/mol. The minimum absolute atomic E-state index is 0.285. The second kappa shape index (κ2) is 4.14. The predicted molar refractivity (Wildman–Crippen MR) is 68.2 cm³/mol. The van der Waals surface area contributed by atoms with Crippen molar-refractivity contribution in [2.45, 2.75) is 0 Å². The van der Waals surface area contributed by atoms with E-state index in [1.807, 2.05) is 24.3 Å². The maximum atomic E-state index is 11.1. The van der Waals surface area contributed by atoms with E-state index in [4.69, 9.17) is 5.11 Å². The molecule has 0 bridgehead atoms. The van der Waals surface area contributed by atoms with Crippen molar-refractivity contribution in [1.82, 2.24) is 0 Å². The predicted octanol–water partition coefficient (Wildman–Crippen LogP) is 3.34. The van der Waals surface area contributed by atoms with Gasteiger partial charge in [-0.1, -0.05) is 28.1 Å². The molecule has 0 aromatic heterocycles. The highest BCUT2D eigenvalue weighted by atomic mass is 79.9. The van der Waals surface area contributed by atoms with Gasteiger partial charge in [0.25, 0.3) is 0 Å². The van der Waals surface area contributed by atoms with Crippen LogP contribution in [0, 0.1) is 0 Å². The van der Waals surface area contributed by atoms with Gasteiger partial charge >= 0.3 is 5.97 Å². The number of carbonyl (C=O) groups is 1. The van der Waals surface area contributed by atoms with Gasteiger partial charge in [0.1, 0.15) is 0 Å². The summed E-state index contributed by atoms with van der Waals surface area (Å²) >= 11 is 3.38. The van der Waals surface area contributed by atoms with Crippen LogP contribution in [0.5, 0.6) is 0 Å². The van der Waals surface area contributed by atoms with Gasteiger partial charge in [-0.05, 0) is 23.6 Å². The standard InChI is InChI=1S/C12H10BrNO2/c1-14-11-9(12(15)16)5-3-7-2-4-8(13)6-10(7)11/h2-6,14H,1H3,(H,15,16). The first-order valence-corrected chi connectivity index (χ1v) is 5.56. The third kappa shape index (κ3) is 1.76. The van der Waals surface area contributed by atoms with Crippen LogP contribution in [0.3, 0.4) is 0 Å². The summed E-state index contributed by atoms with van der Waals surface area (Å²) in [5.74, 6) is -0.925. The summed E-state index contributed by atoms with van der Waals surface area (Å²) in [5.41, 5.74) is 0.930. The molecule has 2 rings (SSSR count). The van der Waals surface area contributed by atoms with Crippen molar-refractivity contribution in [2.24, 2.45) is 0 Å². The molecule has 16 heavy (non-hydrogen) atoms. The number of carboxylic acid groups (broad SMARTS) is 1. The van der Waals surface area contributed by atoms with Crippen molar-refractivity contribution in [2.75, 3.05) is 12.4 Å². The number of fused-ring (bicyclic) bond motifs is 1. The van der Waals surface area contributed by atoms with Gasteiger partial charge < -0.3 is 10.4 Å². The summed E-state index contributed by atoms with van der Waals surface area (Å²) in [6, 6.07) is 9.22. The summed E-state index contributed by atoms with van der Waals surface area (Å²) in [6.45, 7) is 0. The van der Waals surface area contributed by atoms with Crippen LogP contribution in [-0.2, 0) is 0 Å². The summed E-state index contributed by atoms with van der Waals surface area (Å²) < 4.78 is 0.930. The van der Waals surface area contributed by atoms with Crippen LogP contribution in [0.15, 0.2) is 34.8 Å². The van der Waals surface area contributed by atoms with Gasteiger partial charge in [0.15, 0.2) is 0 Å². The zero-order chi connectivity index (χ0) is 11.7. The first-order valence-electron chi connectivity index (χ1n) is 4.77. The lowest BCUT2D eigenvalue weighted by Crippen LogP contribution is -2.03. The number of anilines is 1. The van der Waals surface area contributed by atoms with E-state index in [1.165, 1.54) is 0 Å². The molecule has 0 atom stereocenters. The first kappa shape index (κ1) is 11.0. The fourth-order valence-electron chi connectivity index (χ4n) is 1.74. The molecule has 2 aromatic carbocycles. The minimum Gasteiger partial charge on any atom is -0.478 e. The van der Waals surface area contributed by atoms with Gasteiger partial charge in [-0.15, -0.1) is 0 Å². The van der Waals surface area contributed by atoms with E-state index in [9.17, 15) is 4.79 Å². The Balaban J connectivity index is 2.83. The highest BCUT2D eigenvalue weighted by Crippen LogP contribution is 2.29. The van der Waals surface area contributed by atoms with E-state index in [2.05, 4.69) is 21.2 Å². The van der Waals surface area contributed by atoms with Crippen molar-refractivity contribution in [3.8, 4) is 0 Å². The van der Waals surface area contributed by atoms with Crippen molar-refractivity contribution in [3.63, 3.8) is 0 Å². The molecule has 0 spiro atoms. The SMILES string of the molecule is CNc1c(C(=O)O)ccc2ccc(Br)cc12. The number of nitrogens with one attached hydrogen (secondary N) is 1. The van der Waals surface area contributed by atoms with Crippen LogP contribution in [0.2, 0.25) is 0 Å². The van der Waals surface area contributed by atoms with Crippen molar-refractivity contribution in [3.05, 3.63) is 40.4 Å². The molecular formula is C12H10BrNO2. The van der Waals surface area contributed by atoms with Gasteiger partial charge in [0, 0.05) is 16.9 Å². The molecule has 0 radical (unpaired) electrons. The average Bonchev–Trinajstić information content (AvgIpc) is 2.27. The first-order chi connectivity index (χ1) is 7.63. The van der Waals surface area contributed by atoms with Crippen LogP contribution in [-0.4, -0.2) is 18.1 Å². The molecule has 0 aliphatic carbocycles. The van der Waals surface area contributed by atoms with E-state index < -0.39 is 5.97 Å². The molecule has 2 aromatic rings. The lowest BCUT2D eigenvalue weighted by atomic mass is 10.0. The van der Waals surface area contributed by atoms with Gasteiger partial charge in [-0.25, -0.2) is 4.79 Å². The molecule has 0 heterocycles. The van der Waals surface area contributed by atoms with E-state index in [-0.39, 0.29) is 5.56 Å². The lowest BCUT2D eigenvalue weighted by Gasteiger charge is -2.10. The molecule has 0 aliphatic rings. The van der Waals surface area contributed by atoms with Gasteiger partial charge in [0.2, 0.25) is 0 Å². The largest absolute Gasteiger partial charge is 0.478 e. The molecule has 82 valence electrons. The quantitative estimate of drug-likeness (QED) is 0.887. The highest BCUT2D eigenvalue weighted by molar-refractivity contribution is 9.10. The molecule has 0 aliphatic heterocycles. The normalized spacial score (nSPS) is 10.4. The Hall–Kier alpha value is -1.55. The smallest absolute Gasteiger partial charge is 0.337 e. The van der Waals surface area contributed by atoms with Gasteiger partial charge in [-0.3, -0.25) is 0 Å². The van der Waals surface area contributed by atoms with Crippen molar-refractivity contribution < 1.29 is 9.90 Å². The van der Waals surface area contributed by atoms with Crippen LogP contribution in [0.25, 0.3) is 10.8 Å². The van der Waals surface area contributed by atoms with Gasteiger partial charge in [-0.2, -0.15) is 0 Å². The number of hydrogen-bond donors (Lipinski definition) is 2. The summed E-state index contributed by atoms with van der Waals surface area (Å²) in [6.07, 6.45) is 0. The van der Waals surface area contributed by atoms with E-state index >= 15 is 0 Å². The second-order valence-corrected chi connectivity index (χ2v) is 4.32. The fraction of sp³-hybridized carbons (Fsp3) is 0.0833. The third-order valence-corrected chi connectivity index (χ3v) is 2.96. The molecule has 0 unspecified atom stereocenters. The van der Waals surface area contributed by atoms with E-state index in [1.54, 1.807) is 13.1 Å². The topological polar surface area (TPSA) is 49.3 Å². The van der Waals surface area contributed by atoms with Crippen LogP contribution < -0.4 is 5.32 Å². The fourth-order valence-corrected chi connectivity index (χ4v) is 2.10. The number of rotatable bonds is 2. The maximum Gasteiger partial charge on any atom is 0.337 e. The molecule has 0 amide bonds. The second-order valence-electron chi connectivity index (χ2n) is 3.41. The summed E-state index contributed by atoms with van der Waals surface area (Å²) in [5, 5.41) is 13.9. The summed E-state index contributed by atoms with van der Waals surface area (Å²) in [4.78, 5) is 11.1. The molecule has 2 N–H and O–H groups in total. The number of aromatic carboxylic acids is 1. The Bertz CT molecular complexity index is 566. The molecule has 3 nitrogen and oxygen atoms in total. The Morgan fingerprint density at radius 2 is 2.00 bits per heavy atom. The lowest BCUT2D eigenvalue weighted by molar-refractivity contribution is 0.0698. The Labute approximate surface area is 101 Å². The Morgan fingerprint density at radius 1 is 1.31 bits per heavy atom. The van der Waals surface area contributed by atoms with Crippen LogP contribution >= 0.6 is 15.9 Å². The van der Waals surface area contributed by atoms with Crippen molar-refractivity contribution in [1.29, 1.82) is 0 Å². The molecular weight excluding hydrogens is 270 g/mol. The Kier molecular flexibility index (Phi) is 2.83.